The van der Waals surface area contributed by atoms with Gasteiger partial charge in [-0.15, -0.1) is 0 Å². The van der Waals surface area contributed by atoms with Gasteiger partial charge in [-0.3, -0.25) is 14.5 Å². The number of likely N-dealkylation sites (N-methyl/N-ethyl adjacent to an activating group) is 1. The Kier molecular flexibility index (Phi) is 7.25. The van der Waals surface area contributed by atoms with Crippen molar-refractivity contribution in [2.45, 2.75) is 26.7 Å². The number of rotatable bonds is 7. The van der Waals surface area contributed by atoms with Crippen LogP contribution in [-0.2, 0) is 9.59 Å². The zero-order valence-electron chi connectivity index (χ0n) is 15.5. The lowest BCUT2D eigenvalue weighted by Gasteiger charge is -2.32. The summed E-state index contributed by atoms with van der Waals surface area (Å²) in [4.78, 5) is 28.4. The summed E-state index contributed by atoms with van der Waals surface area (Å²) >= 11 is 0. The van der Waals surface area contributed by atoms with Crippen molar-refractivity contribution in [3.63, 3.8) is 0 Å². The Hall–Kier alpha value is -2.08. The van der Waals surface area contributed by atoms with Gasteiger partial charge in [0.15, 0.2) is 0 Å². The number of hydrogen-bond acceptors (Lipinski definition) is 4. The monoisotopic (exact) mass is 347 g/mol. The predicted molar refractivity (Wildman–Crippen MR) is 98.7 cm³/mol. The van der Waals surface area contributed by atoms with E-state index in [9.17, 15) is 9.59 Å². The fourth-order valence-electron chi connectivity index (χ4n) is 2.91. The molecule has 0 bridgehead atoms. The third-order valence-electron chi connectivity index (χ3n) is 4.68. The van der Waals surface area contributed by atoms with Gasteiger partial charge in [0.05, 0.1) is 20.2 Å². The van der Waals surface area contributed by atoms with E-state index in [-0.39, 0.29) is 18.4 Å². The van der Waals surface area contributed by atoms with Gasteiger partial charge in [-0.05, 0) is 49.6 Å². The number of ether oxygens (including phenoxy) is 1. The van der Waals surface area contributed by atoms with Crippen molar-refractivity contribution in [2.24, 2.45) is 5.92 Å². The topological polar surface area (TPSA) is 61.9 Å². The fraction of sp³-hybridized carbons (Fsp3) is 0.579. The number of likely N-dealkylation sites (tertiary alicyclic amines) is 1. The molecule has 1 fully saturated rings. The Labute approximate surface area is 150 Å². The van der Waals surface area contributed by atoms with Crippen LogP contribution in [0.4, 0.5) is 5.69 Å². The first kappa shape index (κ1) is 19.2. The van der Waals surface area contributed by atoms with E-state index in [1.165, 1.54) is 0 Å². The summed E-state index contributed by atoms with van der Waals surface area (Å²) in [5.74, 6) is 1.44. The van der Waals surface area contributed by atoms with E-state index in [1.807, 2.05) is 16.7 Å². The van der Waals surface area contributed by atoms with Gasteiger partial charge in [0.25, 0.3) is 0 Å². The van der Waals surface area contributed by atoms with Crippen LogP contribution in [0.3, 0.4) is 0 Å². The van der Waals surface area contributed by atoms with E-state index in [4.69, 9.17) is 4.74 Å². The number of piperidine rings is 1. The van der Waals surface area contributed by atoms with Crippen molar-refractivity contribution in [3.05, 3.63) is 24.3 Å². The molecule has 6 nitrogen and oxygen atoms in total. The third-order valence-corrected chi connectivity index (χ3v) is 4.68. The summed E-state index contributed by atoms with van der Waals surface area (Å²) in [6.45, 7) is 7.01. The Morgan fingerprint density at radius 2 is 1.84 bits per heavy atom. The van der Waals surface area contributed by atoms with Gasteiger partial charge in [-0.2, -0.15) is 0 Å². The standard InChI is InChI=1S/C19H29N3O3/c1-4-21(14-19(24)22-11-9-15(2)10-12-22)13-18(23)20-16-5-7-17(25-3)8-6-16/h5-8,15H,4,9-14H2,1-3H3,(H,20,23). The number of carbonyl (C=O) groups is 2. The molecule has 6 heteroatoms. The molecule has 25 heavy (non-hydrogen) atoms. The second-order valence-corrected chi connectivity index (χ2v) is 6.64. The molecule has 2 rings (SSSR count). The lowest BCUT2D eigenvalue weighted by atomic mass is 9.99. The maximum atomic E-state index is 12.4. The summed E-state index contributed by atoms with van der Waals surface area (Å²) in [6.07, 6.45) is 2.13. The van der Waals surface area contributed by atoms with Gasteiger partial charge in [0, 0.05) is 18.8 Å². The minimum atomic E-state index is -0.118. The van der Waals surface area contributed by atoms with Crippen LogP contribution in [0, 0.1) is 5.92 Å². The minimum absolute atomic E-state index is 0.117. The number of hydrogen-bond donors (Lipinski definition) is 1. The smallest absolute Gasteiger partial charge is 0.238 e. The van der Waals surface area contributed by atoms with E-state index < -0.39 is 0 Å². The van der Waals surface area contributed by atoms with E-state index in [2.05, 4.69) is 12.2 Å². The highest BCUT2D eigenvalue weighted by Crippen LogP contribution is 2.16. The van der Waals surface area contributed by atoms with Crippen LogP contribution in [0.2, 0.25) is 0 Å². The molecule has 1 aliphatic heterocycles. The van der Waals surface area contributed by atoms with Crippen molar-refractivity contribution in [2.75, 3.05) is 45.2 Å². The molecule has 0 saturated carbocycles. The van der Waals surface area contributed by atoms with Crippen LogP contribution < -0.4 is 10.1 Å². The number of methoxy groups -OCH3 is 1. The highest BCUT2D eigenvalue weighted by Gasteiger charge is 2.22. The Morgan fingerprint density at radius 1 is 1.20 bits per heavy atom. The largest absolute Gasteiger partial charge is 0.497 e. The van der Waals surface area contributed by atoms with E-state index in [0.29, 0.717) is 19.0 Å². The molecular weight excluding hydrogens is 318 g/mol. The molecule has 2 amide bonds. The molecule has 1 aliphatic rings. The summed E-state index contributed by atoms with van der Waals surface area (Å²) in [5.41, 5.74) is 0.721. The van der Waals surface area contributed by atoms with Crippen molar-refractivity contribution < 1.29 is 14.3 Å². The van der Waals surface area contributed by atoms with Crippen LogP contribution in [0.1, 0.15) is 26.7 Å². The van der Waals surface area contributed by atoms with Gasteiger partial charge < -0.3 is 15.0 Å². The Bertz CT molecular complexity index is 566. The fourth-order valence-corrected chi connectivity index (χ4v) is 2.91. The third kappa shape index (κ3) is 6.05. The maximum absolute atomic E-state index is 12.4. The molecule has 1 N–H and O–H groups in total. The van der Waals surface area contributed by atoms with Gasteiger partial charge in [-0.25, -0.2) is 0 Å². The molecule has 1 saturated heterocycles. The molecule has 0 aromatic heterocycles. The van der Waals surface area contributed by atoms with Crippen LogP contribution in [0.5, 0.6) is 5.75 Å². The summed E-state index contributed by atoms with van der Waals surface area (Å²) in [6, 6.07) is 7.20. The van der Waals surface area contributed by atoms with Crippen molar-refractivity contribution in [1.29, 1.82) is 0 Å². The van der Waals surface area contributed by atoms with Crippen LogP contribution in [-0.4, -0.2) is 61.4 Å². The molecule has 0 radical (unpaired) electrons. The molecular formula is C19H29N3O3. The van der Waals surface area contributed by atoms with Crippen LogP contribution >= 0.6 is 0 Å². The molecule has 1 aromatic carbocycles. The average molecular weight is 347 g/mol. The van der Waals surface area contributed by atoms with Crippen LogP contribution in [0.15, 0.2) is 24.3 Å². The number of carbonyl (C=O) groups excluding carboxylic acids is 2. The normalized spacial score (nSPS) is 15.3. The quantitative estimate of drug-likeness (QED) is 0.821. The molecule has 0 unspecified atom stereocenters. The van der Waals surface area contributed by atoms with Gasteiger partial charge in [0.1, 0.15) is 5.75 Å². The maximum Gasteiger partial charge on any atom is 0.238 e. The number of nitrogens with one attached hydrogen (secondary N) is 1. The first-order valence-electron chi connectivity index (χ1n) is 8.95. The SMILES string of the molecule is CCN(CC(=O)Nc1ccc(OC)cc1)CC(=O)N1CCC(C)CC1. The average Bonchev–Trinajstić information content (AvgIpc) is 2.62. The van der Waals surface area contributed by atoms with Gasteiger partial charge >= 0.3 is 0 Å². The Morgan fingerprint density at radius 3 is 2.40 bits per heavy atom. The number of benzene rings is 1. The number of amides is 2. The van der Waals surface area contributed by atoms with Crippen molar-refractivity contribution in [1.82, 2.24) is 9.80 Å². The first-order chi connectivity index (χ1) is 12.0. The van der Waals surface area contributed by atoms with Gasteiger partial charge in [-0.1, -0.05) is 13.8 Å². The van der Waals surface area contributed by atoms with E-state index in [1.54, 1.807) is 31.4 Å². The number of anilines is 1. The van der Waals surface area contributed by atoms with E-state index >= 15 is 0 Å². The van der Waals surface area contributed by atoms with Crippen molar-refractivity contribution in [3.8, 4) is 5.75 Å². The summed E-state index contributed by atoms with van der Waals surface area (Å²) < 4.78 is 5.10. The van der Waals surface area contributed by atoms with Crippen LogP contribution in [0.25, 0.3) is 0 Å². The lowest BCUT2D eigenvalue weighted by molar-refractivity contribution is -0.134. The zero-order valence-corrected chi connectivity index (χ0v) is 15.5. The summed E-state index contributed by atoms with van der Waals surface area (Å²) in [7, 11) is 1.60. The minimum Gasteiger partial charge on any atom is -0.497 e. The highest BCUT2D eigenvalue weighted by atomic mass is 16.5. The molecule has 1 aromatic rings. The van der Waals surface area contributed by atoms with Crippen molar-refractivity contribution >= 4 is 17.5 Å². The lowest BCUT2D eigenvalue weighted by Crippen LogP contribution is -2.45. The zero-order chi connectivity index (χ0) is 18.2. The molecule has 138 valence electrons. The molecule has 0 spiro atoms. The number of nitrogens with zero attached hydrogens (tertiary/aromatic N) is 2. The van der Waals surface area contributed by atoms with E-state index in [0.717, 1.165) is 37.4 Å². The predicted octanol–water partition coefficient (Wildman–Crippen LogP) is 2.21. The summed E-state index contributed by atoms with van der Waals surface area (Å²) in [5, 5.41) is 2.86. The highest BCUT2D eigenvalue weighted by molar-refractivity contribution is 5.92. The molecule has 0 atom stereocenters. The molecule has 0 aliphatic carbocycles. The first-order valence-corrected chi connectivity index (χ1v) is 8.95. The Balaban J connectivity index is 1.81. The second kappa shape index (κ2) is 9.42. The van der Waals surface area contributed by atoms with Gasteiger partial charge in [0.2, 0.25) is 11.8 Å². The second-order valence-electron chi connectivity index (χ2n) is 6.64. The molecule has 1 heterocycles.